The Balaban J connectivity index is 2.08. The van der Waals surface area contributed by atoms with Gasteiger partial charge in [-0.25, -0.2) is 4.39 Å². The summed E-state index contributed by atoms with van der Waals surface area (Å²) in [5.74, 6) is -0.499. The molecule has 0 bridgehead atoms. The highest BCUT2D eigenvalue weighted by Crippen LogP contribution is 2.19. The Hall–Kier alpha value is -1.42. The molecule has 1 aromatic carbocycles. The van der Waals surface area contributed by atoms with Crippen LogP contribution in [-0.4, -0.2) is 36.5 Å². The van der Waals surface area contributed by atoms with E-state index in [1.165, 1.54) is 12.1 Å². The number of benzene rings is 1. The third-order valence-electron chi connectivity index (χ3n) is 3.40. The van der Waals surface area contributed by atoms with Crippen molar-refractivity contribution in [3.05, 3.63) is 35.6 Å². The predicted octanol–water partition coefficient (Wildman–Crippen LogP) is 1.75. The summed E-state index contributed by atoms with van der Waals surface area (Å²) in [5.41, 5.74) is 0.742. The smallest absolute Gasteiger partial charge is 0.229 e. The van der Waals surface area contributed by atoms with Crippen molar-refractivity contribution in [2.24, 2.45) is 0 Å². The summed E-state index contributed by atoms with van der Waals surface area (Å²) in [6.45, 7) is 6.17. The SMILES string of the molecule is CC1CN(C(=O)C(C)c2cccc(F)c2)CCN1. The van der Waals surface area contributed by atoms with Crippen molar-refractivity contribution < 1.29 is 9.18 Å². The number of nitrogens with zero attached hydrogens (tertiary/aromatic N) is 1. The fourth-order valence-electron chi connectivity index (χ4n) is 2.32. The van der Waals surface area contributed by atoms with Crippen molar-refractivity contribution in [1.29, 1.82) is 0 Å². The second kappa shape index (κ2) is 5.48. The van der Waals surface area contributed by atoms with Crippen LogP contribution >= 0.6 is 0 Å². The zero-order valence-electron chi connectivity index (χ0n) is 10.8. The zero-order valence-corrected chi connectivity index (χ0v) is 10.8. The van der Waals surface area contributed by atoms with Crippen LogP contribution in [0.3, 0.4) is 0 Å². The van der Waals surface area contributed by atoms with E-state index in [9.17, 15) is 9.18 Å². The van der Waals surface area contributed by atoms with Crippen molar-refractivity contribution in [1.82, 2.24) is 10.2 Å². The maximum absolute atomic E-state index is 13.2. The molecule has 1 amide bonds. The average molecular weight is 250 g/mol. The summed E-state index contributed by atoms with van der Waals surface area (Å²) in [7, 11) is 0. The van der Waals surface area contributed by atoms with E-state index in [2.05, 4.69) is 12.2 Å². The number of carbonyl (C=O) groups is 1. The number of amides is 1. The van der Waals surface area contributed by atoms with Crippen molar-refractivity contribution in [3.63, 3.8) is 0 Å². The molecule has 4 heteroatoms. The van der Waals surface area contributed by atoms with Crippen LogP contribution in [-0.2, 0) is 4.79 Å². The highest BCUT2D eigenvalue weighted by molar-refractivity contribution is 5.83. The van der Waals surface area contributed by atoms with Crippen LogP contribution in [0.4, 0.5) is 4.39 Å². The first kappa shape index (κ1) is 13.0. The van der Waals surface area contributed by atoms with Gasteiger partial charge in [0.2, 0.25) is 5.91 Å². The number of carbonyl (C=O) groups excluding carboxylic acids is 1. The molecule has 18 heavy (non-hydrogen) atoms. The Bertz CT molecular complexity index is 436. The lowest BCUT2D eigenvalue weighted by Crippen LogP contribution is -2.52. The highest BCUT2D eigenvalue weighted by Gasteiger charge is 2.25. The fourth-order valence-corrected chi connectivity index (χ4v) is 2.32. The molecule has 3 nitrogen and oxygen atoms in total. The van der Waals surface area contributed by atoms with E-state index < -0.39 is 0 Å². The van der Waals surface area contributed by atoms with Crippen molar-refractivity contribution in [3.8, 4) is 0 Å². The summed E-state index contributed by atoms with van der Waals surface area (Å²) in [6.07, 6.45) is 0. The molecule has 1 fully saturated rings. The van der Waals surface area contributed by atoms with E-state index in [0.29, 0.717) is 6.04 Å². The lowest BCUT2D eigenvalue weighted by molar-refractivity contribution is -0.133. The van der Waals surface area contributed by atoms with Gasteiger partial charge in [-0.2, -0.15) is 0 Å². The molecule has 2 unspecified atom stereocenters. The Morgan fingerprint density at radius 1 is 1.56 bits per heavy atom. The predicted molar refractivity (Wildman–Crippen MR) is 68.9 cm³/mol. The first-order chi connectivity index (χ1) is 8.58. The summed E-state index contributed by atoms with van der Waals surface area (Å²) in [4.78, 5) is 14.2. The molecule has 1 aromatic rings. The summed E-state index contributed by atoms with van der Waals surface area (Å²) in [5, 5.41) is 3.30. The largest absolute Gasteiger partial charge is 0.339 e. The Morgan fingerprint density at radius 3 is 3.00 bits per heavy atom. The quantitative estimate of drug-likeness (QED) is 0.867. The van der Waals surface area contributed by atoms with Crippen LogP contribution < -0.4 is 5.32 Å². The molecule has 1 heterocycles. The van der Waals surface area contributed by atoms with Gasteiger partial charge in [0.25, 0.3) is 0 Å². The second-order valence-corrected chi connectivity index (χ2v) is 4.92. The maximum Gasteiger partial charge on any atom is 0.229 e. The summed E-state index contributed by atoms with van der Waals surface area (Å²) < 4.78 is 13.2. The molecule has 98 valence electrons. The number of nitrogens with one attached hydrogen (secondary N) is 1. The Morgan fingerprint density at radius 2 is 2.33 bits per heavy atom. The van der Waals surface area contributed by atoms with Crippen LogP contribution in [0.2, 0.25) is 0 Å². The summed E-state index contributed by atoms with van der Waals surface area (Å²) >= 11 is 0. The van der Waals surface area contributed by atoms with E-state index in [1.54, 1.807) is 12.1 Å². The van der Waals surface area contributed by atoms with Gasteiger partial charge in [-0.05, 0) is 31.5 Å². The third-order valence-corrected chi connectivity index (χ3v) is 3.40. The van der Waals surface area contributed by atoms with Crippen LogP contribution in [0.1, 0.15) is 25.3 Å². The molecular weight excluding hydrogens is 231 g/mol. The van der Waals surface area contributed by atoms with Gasteiger partial charge >= 0.3 is 0 Å². The van der Waals surface area contributed by atoms with E-state index in [0.717, 1.165) is 25.2 Å². The molecule has 1 aliphatic heterocycles. The molecule has 0 saturated carbocycles. The molecule has 0 aromatic heterocycles. The van der Waals surface area contributed by atoms with Crippen molar-refractivity contribution >= 4 is 5.91 Å². The molecule has 0 aliphatic carbocycles. The van der Waals surface area contributed by atoms with Crippen molar-refractivity contribution in [2.75, 3.05) is 19.6 Å². The number of hydrogen-bond donors (Lipinski definition) is 1. The second-order valence-electron chi connectivity index (χ2n) is 4.92. The minimum Gasteiger partial charge on any atom is -0.339 e. The normalized spacial score (nSPS) is 21.7. The molecule has 0 spiro atoms. The molecule has 2 rings (SSSR count). The topological polar surface area (TPSA) is 32.3 Å². The lowest BCUT2D eigenvalue weighted by atomic mass is 9.99. The first-order valence-electron chi connectivity index (χ1n) is 6.35. The molecule has 1 aliphatic rings. The first-order valence-corrected chi connectivity index (χ1v) is 6.35. The fraction of sp³-hybridized carbons (Fsp3) is 0.500. The Labute approximate surface area is 107 Å². The van der Waals surface area contributed by atoms with Crippen LogP contribution in [0.15, 0.2) is 24.3 Å². The molecular formula is C14H19FN2O. The standard InChI is InChI=1S/C14H19FN2O/c1-10-9-17(7-6-16-10)14(18)11(2)12-4-3-5-13(15)8-12/h3-5,8,10-11,16H,6-7,9H2,1-2H3. The molecule has 1 saturated heterocycles. The van der Waals surface area contributed by atoms with Crippen molar-refractivity contribution in [2.45, 2.75) is 25.8 Å². The minimum atomic E-state index is -0.291. The van der Waals surface area contributed by atoms with Gasteiger partial charge in [-0.3, -0.25) is 4.79 Å². The van der Waals surface area contributed by atoms with Crippen LogP contribution in [0.5, 0.6) is 0 Å². The van der Waals surface area contributed by atoms with E-state index in [-0.39, 0.29) is 17.6 Å². The maximum atomic E-state index is 13.2. The van der Waals surface area contributed by atoms with E-state index in [1.807, 2.05) is 11.8 Å². The zero-order chi connectivity index (χ0) is 13.1. The van der Waals surface area contributed by atoms with Gasteiger partial charge in [-0.15, -0.1) is 0 Å². The molecule has 1 N–H and O–H groups in total. The number of halogens is 1. The molecule has 0 radical (unpaired) electrons. The molecule has 2 atom stereocenters. The number of rotatable bonds is 2. The van der Waals surface area contributed by atoms with Gasteiger partial charge < -0.3 is 10.2 Å². The average Bonchev–Trinajstić information content (AvgIpc) is 2.37. The van der Waals surface area contributed by atoms with Gasteiger partial charge in [0.1, 0.15) is 5.82 Å². The highest BCUT2D eigenvalue weighted by atomic mass is 19.1. The third kappa shape index (κ3) is 2.88. The van der Waals surface area contributed by atoms with Gasteiger partial charge in [0.15, 0.2) is 0 Å². The number of hydrogen-bond acceptors (Lipinski definition) is 2. The summed E-state index contributed by atoms with van der Waals surface area (Å²) in [6, 6.07) is 6.61. The van der Waals surface area contributed by atoms with Gasteiger partial charge in [0, 0.05) is 25.7 Å². The lowest BCUT2D eigenvalue weighted by Gasteiger charge is -2.33. The van der Waals surface area contributed by atoms with E-state index in [4.69, 9.17) is 0 Å². The van der Waals surface area contributed by atoms with E-state index >= 15 is 0 Å². The monoisotopic (exact) mass is 250 g/mol. The van der Waals surface area contributed by atoms with Gasteiger partial charge in [0.05, 0.1) is 5.92 Å². The Kier molecular flexibility index (Phi) is 3.97. The van der Waals surface area contributed by atoms with Crippen LogP contribution in [0, 0.1) is 5.82 Å². The number of piperazine rings is 1. The van der Waals surface area contributed by atoms with Gasteiger partial charge in [-0.1, -0.05) is 12.1 Å². The van der Waals surface area contributed by atoms with Crippen LogP contribution in [0.25, 0.3) is 0 Å². The minimum absolute atomic E-state index is 0.0777.